The van der Waals surface area contributed by atoms with E-state index in [4.69, 9.17) is 13.7 Å². The van der Waals surface area contributed by atoms with Gasteiger partial charge in [-0.2, -0.15) is 16.3 Å². The molecule has 0 radical (unpaired) electrons. The fourth-order valence-electron chi connectivity index (χ4n) is 2.42. The van der Waals surface area contributed by atoms with E-state index in [-0.39, 0.29) is 23.8 Å². The number of aromatic nitrogens is 2. The molecule has 8 heteroatoms. The highest BCUT2D eigenvalue weighted by Crippen LogP contribution is 2.28. The van der Waals surface area contributed by atoms with E-state index in [9.17, 15) is 9.18 Å². The highest BCUT2D eigenvalue weighted by atomic mass is 32.1. The number of furan rings is 1. The molecular formula is C17H11FN2O4S. The number of fused-ring (bicyclic) bond motifs is 1. The van der Waals surface area contributed by atoms with E-state index in [1.807, 2.05) is 16.8 Å². The first-order chi connectivity index (χ1) is 12.1. The molecule has 0 bridgehead atoms. The van der Waals surface area contributed by atoms with E-state index >= 15 is 0 Å². The highest BCUT2D eigenvalue weighted by molar-refractivity contribution is 7.08. The molecular weight excluding hydrogens is 347 g/mol. The fraction of sp³-hybridized carbons (Fsp3) is 0.118. The van der Waals surface area contributed by atoms with Gasteiger partial charge in [-0.1, -0.05) is 17.3 Å². The summed E-state index contributed by atoms with van der Waals surface area (Å²) in [6.07, 6.45) is 0. The molecule has 0 spiro atoms. The molecule has 0 aliphatic heterocycles. The maximum absolute atomic E-state index is 13.8. The summed E-state index contributed by atoms with van der Waals surface area (Å²) < 4.78 is 29.3. The van der Waals surface area contributed by atoms with Gasteiger partial charge in [0.15, 0.2) is 18.0 Å². The Bertz CT molecular complexity index is 1050. The van der Waals surface area contributed by atoms with Crippen molar-refractivity contribution in [1.82, 2.24) is 10.1 Å². The minimum atomic E-state index is -0.719. The van der Waals surface area contributed by atoms with Crippen LogP contribution in [0.3, 0.4) is 0 Å². The molecule has 3 aromatic heterocycles. The number of benzene rings is 1. The Morgan fingerprint density at radius 2 is 2.24 bits per heavy atom. The van der Waals surface area contributed by atoms with E-state index in [0.29, 0.717) is 16.8 Å². The third-order valence-corrected chi connectivity index (χ3v) is 4.36. The van der Waals surface area contributed by atoms with Gasteiger partial charge in [-0.05, 0) is 24.4 Å². The zero-order valence-electron chi connectivity index (χ0n) is 13.0. The molecule has 4 rings (SSSR count). The van der Waals surface area contributed by atoms with Crippen molar-refractivity contribution in [3.05, 3.63) is 58.1 Å². The lowest BCUT2D eigenvalue weighted by Gasteiger charge is -1.99. The number of halogens is 1. The molecule has 4 aromatic rings. The second-order valence-corrected chi connectivity index (χ2v) is 6.05. The van der Waals surface area contributed by atoms with Crippen molar-refractivity contribution in [2.24, 2.45) is 0 Å². The van der Waals surface area contributed by atoms with E-state index in [1.165, 1.54) is 17.4 Å². The van der Waals surface area contributed by atoms with Gasteiger partial charge in [-0.3, -0.25) is 0 Å². The van der Waals surface area contributed by atoms with Crippen LogP contribution in [-0.2, 0) is 11.3 Å². The third kappa shape index (κ3) is 2.80. The van der Waals surface area contributed by atoms with E-state index < -0.39 is 11.8 Å². The molecule has 6 nitrogen and oxygen atoms in total. The normalized spacial score (nSPS) is 11.1. The van der Waals surface area contributed by atoms with Crippen LogP contribution in [0.2, 0.25) is 0 Å². The molecule has 0 saturated carbocycles. The SMILES string of the molecule is Cc1c(C(=O)OCc2nc(-c3ccsc3)no2)oc2c(F)cccc12. The smallest absolute Gasteiger partial charge is 0.375 e. The predicted octanol–water partition coefficient (Wildman–Crippen LogP) is 4.35. The predicted molar refractivity (Wildman–Crippen MR) is 87.6 cm³/mol. The molecule has 3 heterocycles. The first kappa shape index (κ1) is 15.5. The molecule has 0 saturated heterocycles. The number of carbonyl (C=O) groups is 1. The number of para-hydroxylation sites is 1. The number of esters is 1. The van der Waals surface area contributed by atoms with E-state index in [1.54, 1.807) is 19.1 Å². The Morgan fingerprint density at radius 3 is 3.00 bits per heavy atom. The van der Waals surface area contributed by atoms with Crippen LogP contribution in [0, 0.1) is 12.7 Å². The van der Waals surface area contributed by atoms with Crippen LogP contribution in [0.15, 0.2) is 44.0 Å². The molecule has 0 unspecified atom stereocenters. The first-order valence-electron chi connectivity index (χ1n) is 7.33. The number of thiophene rings is 1. The third-order valence-electron chi connectivity index (χ3n) is 3.68. The number of nitrogens with zero attached hydrogens (tertiary/aromatic N) is 2. The topological polar surface area (TPSA) is 78.4 Å². The average Bonchev–Trinajstić information content (AvgIpc) is 3.33. The van der Waals surface area contributed by atoms with Crippen LogP contribution in [-0.4, -0.2) is 16.1 Å². The summed E-state index contributed by atoms with van der Waals surface area (Å²) in [6, 6.07) is 6.36. The van der Waals surface area contributed by atoms with Crippen molar-refractivity contribution < 1.29 is 22.9 Å². The maximum Gasteiger partial charge on any atom is 0.375 e. The molecule has 1 aromatic carbocycles. The summed E-state index contributed by atoms with van der Waals surface area (Å²) in [5.41, 5.74) is 1.38. The van der Waals surface area contributed by atoms with E-state index in [2.05, 4.69) is 10.1 Å². The van der Waals surface area contributed by atoms with Crippen LogP contribution < -0.4 is 0 Å². The molecule has 0 aliphatic carbocycles. The first-order valence-corrected chi connectivity index (χ1v) is 8.27. The van der Waals surface area contributed by atoms with Gasteiger partial charge in [0.1, 0.15) is 0 Å². The lowest BCUT2D eigenvalue weighted by atomic mass is 10.1. The molecule has 0 aliphatic rings. The largest absolute Gasteiger partial charge is 0.450 e. The lowest BCUT2D eigenvalue weighted by molar-refractivity contribution is 0.0395. The van der Waals surface area contributed by atoms with Crippen molar-refractivity contribution >= 4 is 28.3 Å². The van der Waals surface area contributed by atoms with Crippen molar-refractivity contribution in [3.8, 4) is 11.4 Å². The fourth-order valence-corrected chi connectivity index (χ4v) is 3.05. The van der Waals surface area contributed by atoms with Gasteiger partial charge in [0.25, 0.3) is 5.89 Å². The number of aryl methyl sites for hydroxylation is 1. The molecule has 25 heavy (non-hydrogen) atoms. The second-order valence-electron chi connectivity index (χ2n) is 5.27. The maximum atomic E-state index is 13.8. The summed E-state index contributed by atoms with van der Waals surface area (Å²) in [5.74, 6) is -0.707. The van der Waals surface area contributed by atoms with Gasteiger partial charge in [0, 0.05) is 21.9 Å². The second kappa shape index (κ2) is 6.14. The van der Waals surface area contributed by atoms with Gasteiger partial charge in [0.2, 0.25) is 11.6 Å². The molecule has 0 atom stereocenters. The van der Waals surface area contributed by atoms with Crippen LogP contribution in [0.25, 0.3) is 22.4 Å². The minimum absolute atomic E-state index is 0.0319. The Balaban J connectivity index is 1.51. The van der Waals surface area contributed by atoms with Gasteiger partial charge in [-0.25, -0.2) is 9.18 Å². The summed E-state index contributed by atoms with van der Waals surface area (Å²) in [4.78, 5) is 16.4. The quantitative estimate of drug-likeness (QED) is 0.505. The number of hydrogen-bond donors (Lipinski definition) is 0. The highest BCUT2D eigenvalue weighted by Gasteiger charge is 2.21. The van der Waals surface area contributed by atoms with Crippen LogP contribution in [0.4, 0.5) is 4.39 Å². The van der Waals surface area contributed by atoms with E-state index in [0.717, 1.165) is 5.56 Å². The number of ether oxygens (including phenoxy) is 1. The molecule has 0 amide bonds. The van der Waals surface area contributed by atoms with Gasteiger partial charge in [0.05, 0.1) is 0 Å². The zero-order chi connectivity index (χ0) is 17.4. The van der Waals surface area contributed by atoms with Crippen molar-refractivity contribution in [1.29, 1.82) is 0 Å². The van der Waals surface area contributed by atoms with Gasteiger partial charge < -0.3 is 13.7 Å². The van der Waals surface area contributed by atoms with Gasteiger partial charge in [-0.15, -0.1) is 0 Å². The van der Waals surface area contributed by atoms with Crippen LogP contribution in [0.5, 0.6) is 0 Å². The van der Waals surface area contributed by atoms with Crippen molar-refractivity contribution in [3.63, 3.8) is 0 Å². The average molecular weight is 358 g/mol. The van der Waals surface area contributed by atoms with Crippen LogP contribution in [0.1, 0.15) is 22.0 Å². The van der Waals surface area contributed by atoms with Crippen LogP contribution >= 0.6 is 11.3 Å². The lowest BCUT2D eigenvalue weighted by Crippen LogP contribution is -2.05. The Hall–Kier alpha value is -3.00. The standard InChI is InChI=1S/C17H11FN2O4S/c1-9-11-3-2-4-12(18)15(11)23-14(9)17(21)22-7-13-19-16(20-24-13)10-5-6-25-8-10/h2-6,8H,7H2,1H3. The van der Waals surface area contributed by atoms with Crippen molar-refractivity contribution in [2.75, 3.05) is 0 Å². The summed E-state index contributed by atoms with van der Waals surface area (Å²) in [7, 11) is 0. The Morgan fingerprint density at radius 1 is 1.36 bits per heavy atom. The molecule has 126 valence electrons. The van der Waals surface area contributed by atoms with Gasteiger partial charge >= 0.3 is 5.97 Å². The number of rotatable bonds is 4. The molecule has 0 fully saturated rings. The number of hydrogen-bond acceptors (Lipinski definition) is 7. The Kier molecular flexibility index (Phi) is 3.81. The Labute approximate surface area is 144 Å². The van der Waals surface area contributed by atoms with Crippen molar-refractivity contribution in [2.45, 2.75) is 13.5 Å². The summed E-state index contributed by atoms with van der Waals surface area (Å²) in [6.45, 7) is 1.47. The monoisotopic (exact) mass is 358 g/mol. The minimum Gasteiger partial charge on any atom is -0.450 e. The zero-order valence-corrected chi connectivity index (χ0v) is 13.8. The number of carbonyl (C=O) groups excluding carboxylic acids is 1. The summed E-state index contributed by atoms with van der Waals surface area (Å²) >= 11 is 1.51. The summed E-state index contributed by atoms with van der Waals surface area (Å²) in [5, 5.41) is 8.14. The molecule has 0 N–H and O–H groups in total.